The molecule has 1 atom stereocenters. The lowest BCUT2D eigenvalue weighted by atomic mass is 10.2. The van der Waals surface area contributed by atoms with Crippen molar-refractivity contribution in [3.63, 3.8) is 0 Å². The summed E-state index contributed by atoms with van der Waals surface area (Å²) in [7, 11) is -0.822. The van der Waals surface area contributed by atoms with Crippen molar-refractivity contribution in [1.82, 2.24) is 9.62 Å². The lowest BCUT2D eigenvalue weighted by Gasteiger charge is -2.14. The Bertz CT molecular complexity index is 640. The number of aliphatic carboxylic acids is 1. The molecule has 0 saturated carbocycles. The van der Waals surface area contributed by atoms with Gasteiger partial charge in [-0.05, 0) is 25.1 Å². The zero-order valence-electron chi connectivity index (χ0n) is 12.0. The fourth-order valence-electron chi connectivity index (χ4n) is 1.63. The van der Waals surface area contributed by atoms with E-state index in [1.54, 1.807) is 6.92 Å². The van der Waals surface area contributed by atoms with Gasteiger partial charge in [0.15, 0.2) is 0 Å². The number of carbonyl (C=O) groups is 2. The van der Waals surface area contributed by atoms with Crippen LogP contribution in [0.2, 0.25) is 0 Å². The number of carbonyl (C=O) groups excluding carboxylic acids is 1. The Balaban J connectivity index is 2.95. The van der Waals surface area contributed by atoms with E-state index >= 15 is 0 Å². The van der Waals surface area contributed by atoms with Crippen molar-refractivity contribution in [1.29, 1.82) is 0 Å². The van der Waals surface area contributed by atoms with Crippen LogP contribution in [0.25, 0.3) is 0 Å². The molecule has 116 valence electrons. The van der Waals surface area contributed by atoms with Crippen molar-refractivity contribution < 1.29 is 23.1 Å². The van der Waals surface area contributed by atoms with Gasteiger partial charge >= 0.3 is 5.97 Å². The van der Waals surface area contributed by atoms with Crippen molar-refractivity contribution in [2.45, 2.75) is 24.3 Å². The number of benzene rings is 1. The number of hydrogen-bond donors (Lipinski definition) is 2. The number of rotatable bonds is 6. The predicted molar refractivity (Wildman–Crippen MR) is 76.5 cm³/mol. The van der Waals surface area contributed by atoms with E-state index in [2.05, 4.69) is 5.32 Å². The number of nitrogens with one attached hydrogen (secondary N) is 1. The van der Waals surface area contributed by atoms with Gasteiger partial charge in [0, 0.05) is 25.7 Å². The molecule has 0 heterocycles. The molecule has 1 aromatic rings. The molecule has 0 aliphatic carbocycles. The van der Waals surface area contributed by atoms with Gasteiger partial charge in [0.25, 0.3) is 5.91 Å². The minimum atomic E-state index is -3.62. The molecule has 0 bridgehead atoms. The molecule has 0 radical (unpaired) electrons. The first-order valence-corrected chi connectivity index (χ1v) is 7.64. The first-order chi connectivity index (χ1) is 9.64. The van der Waals surface area contributed by atoms with Gasteiger partial charge in [-0.2, -0.15) is 0 Å². The highest BCUT2D eigenvalue weighted by molar-refractivity contribution is 7.89. The van der Waals surface area contributed by atoms with E-state index in [-0.39, 0.29) is 16.9 Å². The molecule has 7 nitrogen and oxygen atoms in total. The Kier molecular flexibility index (Phi) is 5.45. The molecule has 0 aliphatic heterocycles. The van der Waals surface area contributed by atoms with Crippen molar-refractivity contribution in [3.8, 4) is 0 Å². The fourth-order valence-corrected chi connectivity index (χ4v) is 2.58. The lowest BCUT2D eigenvalue weighted by Crippen LogP contribution is -2.34. The largest absolute Gasteiger partial charge is 0.481 e. The van der Waals surface area contributed by atoms with E-state index in [0.717, 1.165) is 4.31 Å². The molecule has 0 aliphatic rings. The first-order valence-electron chi connectivity index (χ1n) is 6.20. The van der Waals surface area contributed by atoms with Crippen molar-refractivity contribution in [3.05, 3.63) is 29.8 Å². The molecule has 1 unspecified atom stereocenters. The van der Waals surface area contributed by atoms with Crippen LogP contribution in [-0.4, -0.2) is 49.8 Å². The highest BCUT2D eigenvalue weighted by Gasteiger charge is 2.19. The minimum absolute atomic E-state index is 0.00559. The third kappa shape index (κ3) is 4.54. The van der Waals surface area contributed by atoms with E-state index in [9.17, 15) is 18.0 Å². The predicted octanol–water partition coefficient (Wildman–Crippen LogP) is 0.530. The van der Waals surface area contributed by atoms with Crippen LogP contribution in [0.5, 0.6) is 0 Å². The monoisotopic (exact) mass is 314 g/mol. The van der Waals surface area contributed by atoms with E-state index in [4.69, 9.17) is 5.11 Å². The summed E-state index contributed by atoms with van der Waals surface area (Å²) in [5, 5.41) is 11.2. The minimum Gasteiger partial charge on any atom is -0.481 e. The summed E-state index contributed by atoms with van der Waals surface area (Å²) in [4.78, 5) is 22.5. The highest BCUT2D eigenvalue weighted by Crippen LogP contribution is 2.15. The maximum Gasteiger partial charge on any atom is 0.305 e. The summed E-state index contributed by atoms with van der Waals surface area (Å²) in [6.45, 7) is 1.56. The van der Waals surface area contributed by atoms with E-state index < -0.39 is 27.9 Å². The summed E-state index contributed by atoms with van der Waals surface area (Å²) in [5.41, 5.74) is 0.162. The second-order valence-corrected chi connectivity index (χ2v) is 6.94. The molecule has 8 heteroatoms. The molecule has 0 saturated heterocycles. The van der Waals surface area contributed by atoms with E-state index in [1.165, 1.54) is 38.4 Å². The van der Waals surface area contributed by atoms with Crippen LogP contribution < -0.4 is 5.32 Å². The van der Waals surface area contributed by atoms with Crippen molar-refractivity contribution in [2.75, 3.05) is 14.1 Å². The number of amides is 1. The Morgan fingerprint density at radius 2 is 1.95 bits per heavy atom. The third-order valence-electron chi connectivity index (χ3n) is 2.73. The topological polar surface area (TPSA) is 104 Å². The Labute approximate surface area is 123 Å². The number of sulfonamides is 1. The first kappa shape index (κ1) is 17.1. The molecule has 21 heavy (non-hydrogen) atoms. The second kappa shape index (κ2) is 6.68. The van der Waals surface area contributed by atoms with E-state index in [0.29, 0.717) is 0 Å². The zero-order valence-corrected chi connectivity index (χ0v) is 12.8. The fraction of sp³-hybridized carbons (Fsp3) is 0.385. The number of nitrogens with zero attached hydrogens (tertiary/aromatic N) is 1. The van der Waals surface area contributed by atoms with Gasteiger partial charge in [-0.3, -0.25) is 9.59 Å². The molecular formula is C13H18N2O5S. The van der Waals surface area contributed by atoms with Crippen LogP contribution in [0, 0.1) is 0 Å². The Morgan fingerprint density at radius 1 is 1.33 bits per heavy atom. The van der Waals surface area contributed by atoms with Crippen molar-refractivity contribution >= 4 is 21.9 Å². The van der Waals surface area contributed by atoms with Crippen LogP contribution in [0.3, 0.4) is 0 Å². The number of carboxylic acid groups (broad SMARTS) is 1. The number of carboxylic acids is 1. The smallest absolute Gasteiger partial charge is 0.305 e. The Morgan fingerprint density at radius 3 is 2.48 bits per heavy atom. The van der Waals surface area contributed by atoms with Crippen LogP contribution in [0.15, 0.2) is 29.2 Å². The zero-order chi connectivity index (χ0) is 16.2. The lowest BCUT2D eigenvalue weighted by molar-refractivity contribution is -0.137. The molecule has 1 amide bonds. The molecule has 1 aromatic carbocycles. The van der Waals surface area contributed by atoms with Gasteiger partial charge in [0.2, 0.25) is 10.0 Å². The average Bonchev–Trinajstić information content (AvgIpc) is 2.37. The standard InChI is InChI=1S/C13H18N2O5S/c1-9(7-12(16)17)14-13(18)10-5-4-6-11(8-10)21(19,20)15(2)3/h4-6,8-9H,7H2,1-3H3,(H,14,18)(H,16,17). The second-order valence-electron chi connectivity index (χ2n) is 4.79. The van der Waals surface area contributed by atoms with Crippen LogP contribution in [0.1, 0.15) is 23.7 Å². The van der Waals surface area contributed by atoms with Crippen LogP contribution in [-0.2, 0) is 14.8 Å². The quantitative estimate of drug-likeness (QED) is 0.797. The van der Waals surface area contributed by atoms with Crippen LogP contribution >= 0.6 is 0 Å². The van der Waals surface area contributed by atoms with Gasteiger partial charge in [0.05, 0.1) is 11.3 Å². The summed E-state index contributed by atoms with van der Waals surface area (Å²) in [5.74, 6) is -1.54. The molecule has 0 aromatic heterocycles. The summed E-state index contributed by atoms with van der Waals surface area (Å²) < 4.78 is 25.0. The van der Waals surface area contributed by atoms with Gasteiger partial charge in [0.1, 0.15) is 0 Å². The van der Waals surface area contributed by atoms with Crippen molar-refractivity contribution in [2.24, 2.45) is 0 Å². The summed E-state index contributed by atoms with van der Waals surface area (Å²) in [6.07, 6.45) is -0.207. The van der Waals surface area contributed by atoms with Crippen LogP contribution in [0.4, 0.5) is 0 Å². The summed E-state index contributed by atoms with van der Waals surface area (Å²) in [6, 6.07) is 5.04. The summed E-state index contributed by atoms with van der Waals surface area (Å²) >= 11 is 0. The normalized spacial score (nSPS) is 13.0. The molecule has 0 fully saturated rings. The SMILES string of the molecule is CC(CC(=O)O)NC(=O)c1cccc(S(=O)(=O)N(C)C)c1. The Hall–Kier alpha value is -1.93. The molecule has 0 spiro atoms. The maximum absolute atomic E-state index is 12.0. The average molecular weight is 314 g/mol. The van der Waals surface area contributed by atoms with Gasteiger partial charge < -0.3 is 10.4 Å². The highest BCUT2D eigenvalue weighted by atomic mass is 32.2. The maximum atomic E-state index is 12.0. The number of hydrogen-bond acceptors (Lipinski definition) is 4. The van der Waals surface area contributed by atoms with Gasteiger partial charge in [-0.1, -0.05) is 6.07 Å². The van der Waals surface area contributed by atoms with E-state index in [1.807, 2.05) is 0 Å². The molecule has 2 N–H and O–H groups in total. The van der Waals surface area contributed by atoms with Gasteiger partial charge in [-0.25, -0.2) is 12.7 Å². The van der Waals surface area contributed by atoms with Gasteiger partial charge in [-0.15, -0.1) is 0 Å². The molecule has 1 rings (SSSR count). The molecular weight excluding hydrogens is 296 g/mol. The third-order valence-corrected chi connectivity index (χ3v) is 4.54.